The van der Waals surface area contributed by atoms with Crippen molar-refractivity contribution >= 4 is 5.91 Å². The molecule has 1 atom stereocenters. The summed E-state index contributed by atoms with van der Waals surface area (Å²) >= 11 is 0. The van der Waals surface area contributed by atoms with E-state index in [0.717, 1.165) is 31.4 Å². The minimum Gasteiger partial charge on any atom is -0.467 e. The van der Waals surface area contributed by atoms with E-state index in [1.807, 2.05) is 12.1 Å². The van der Waals surface area contributed by atoms with Crippen molar-refractivity contribution in [3.05, 3.63) is 24.2 Å². The average molecular weight is 261 g/mol. The lowest BCUT2D eigenvalue weighted by atomic mass is 9.86. The summed E-state index contributed by atoms with van der Waals surface area (Å²) in [6, 6.07) is 4.38. The zero-order chi connectivity index (χ0) is 13.5. The van der Waals surface area contributed by atoms with Gasteiger partial charge in [0.25, 0.3) is 0 Å². The SMILES string of the molecule is CC(c1ccco1)N(C(=O)C1(C)CCCC1)C1CC1. The van der Waals surface area contributed by atoms with Gasteiger partial charge in [-0.05, 0) is 44.7 Å². The molecule has 1 amide bonds. The van der Waals surface area contributed by atoms with Crippen LogP contribution in [0.15, 0.2) is 22.8 Å². The monoisotopic (exact) mass is 261 g/mol. The predicted molar refractivity (Wildman–Crippen MR) is 73.6 cm³/mol. The maximum Gasteiger partial charge on any atom is 0.229 e. The Morgan fingerprint density at radius 2 is 2.11 bits per heavy atom. The molecule has 0 saturated heterocycles. The first-order valence-corrected chi connectivity index (χ1v) is 7.48. The summed E-state index contributed by atoms with van der Waals surface area (Å²) in [7, 11) is 0. The molecule has 0 bridgehead atoms. The van der Waals surface area contributed by atoms with Crippen molar-refractivity contribution in [3.63, 3.8) is 0 Å². The molecule has 3 nitrogen and oxygen atoms in total. The van der Waals surface area contributed by atoms with E-state index in [4.69, 9.17) is 4.42 Å². The maximum absolute atomic E-state index is 13.0. The summed E-state index contributed by atoms with van der Waals surface area (Å²) in [6.45, 7) is 4.24. The lowest BCUT2D eigenvalue weighted by molar-refractivity contribution is -0.144. The van der Waals surface area contributed by atoms with E-state index in [1.54, 1.807) is 6.26 Å². The third-order valence-electron chi connectivity index (χ3n) is 4.77. The van der Waals surface area contributed by atoms with Crippen molar-refractivity contribution in [3.8, 4) is 0 Å². The highest BCUT2D eigenvalue weighted by molar-refractivity contribution is 5.83. The minimum atomic E-state index is -0.135. The molecule has 0 radical (unpaired) electrons. The third kappa shape index (κ3) is 2.31. The highest BCUT2D eigenvalue weighted by Gasteiger charge is 2.45. The van der Waals surface area contributed by atoms with Crippen molar-refractivity contribution in [2.75, 3.05) is 0 Å². The molecule has 0 aliphatic heterocycles. The van der Waals surface area contributed by atoms with Gasteiger partial charge < -0.3 is 9.32 Å². The summed E-state index contributed by atoms with van der Waals surface area (Å²) in [5.74, 6) is 1.25. The number of hydrogen-bond acceptors (Lipinski definition) is 2. The van der Waals surface area contributed by atoms with Crippen LogP contribution < -0.4 is 0 Å². The number of carbonyl (C=O) groups excluding carboxylic acids is 1. The van der Waals surface area contributed by atoms with Crippen molar-refractivity contribution in [2.45, 2.75) is 64.5 Å². The number of nitrogens with zero attached hydrogens (tertiary/aromatic N) is 1. The number of rotatable bonds is 4. The number of hydrogen-bond donors (Lipinski definition) is 0. The number of carbonyl (C=O) groups is 1. The molecule has 0 N–H and O–H groups in total. The second kappa shape index (κ2) is 4.69. The minimum absolute atomic E-state index is 0.0624. The molecule has 3 heteroatoms. The van der Waals surface area contributed by atoms with Crippen LogP contribution in [0.25, 0.3) is 0 Å². The first-order valence-electron chi connectivity index (χ1n) is 7.48. The summed E-state index contributed by atoms with van der Waals surface area (Å²) in [5, 5.41) is 0. The van der Waals surface area contributed by atoms with Crippen molar-refractivity contribution in [1.82, 2.24) is 4.90 Å². The first kappa shape index (κ1) is 12.8. The van der Waals surface area contributed by atoms with Crippen LogP contribution in [0.2, 0.25) is 0 Å². The number of amides is 1. The van der Waals surface area contributed by atoms with Crippen molar-refractivity contribution in [2.24, 2.45) is 5.41 Å². The van der Waals surface area contributed by atoms with E-state index < -0.39 is 0 Å². The zero-order valence-corrected chi connectivity index (χ0v) is 11.9. The van der Waals surface area contributed by atoms with Crippen LogP contribution in [0.1, 0.15) is 64.2 Å². The van der Waals surface area contributed by atoms with Gasteiger partial charge in [-0.3, -0.25) is 4.79 Å². The Labute approximate surface area is 115 Å². The smallest absolute Gasteiger partial charge is 0.229 e. The molecule has 1 heterocycles. The fourth-order valence-corrected chi connectivity index (χ4v) is 3.36. The van der Waals surface area contributed by atoms with Crippen molar-refractivity contribution < 1.29 is 9.21 Å². The average Bonchev–Trinajstić information content (AvgIpc) is 2.93. The molecule has 1 unspecified atom stereocenters. The highest BCUT2D eigenvalue weighted by atomic mass is 16.3. The van der Waals surface area contributed by atoms with E-state index in [1.165, 1.54) is 12.8 Å². The van der Waals surface area contributed by atoms with Crippen LogP contribution >= 0.6 is 0 Å². The predicted octanol–water partition coefficient (Wildman–Crippen LogP) is 3.91. The first-order chi connectivity index (χ1) is 9.12. The standard InChI is InChI=1S/C16H23NO2/c1-12(14-6-5-11-19-14)17(13-7-8-13)15(18)16(2)9-3-4-10-16/h5-6,11-13H,3-4,7-10H2,1-2H3. The van der Waals surface area contributed by atoms with Gasteiger partial charge in [0.2, 0.25) is 5.91 Å². The molecule has 0 spiro atoms. The molecule has 2 fully saturated rings. The maximum atomic E-state index is 13.0. The molecule has 2 aliphatic carbocycles. The Balaban J connectivity index is 1.83. The second-order valence-corrected chi connectivity index (χ2v) is 6.40. The Morgan fingerprint density at radius 1 is 1.42 bits per heavy atom. The second-order valence-electron chi connectivity index (χ2n) is 6.40. The van der Waals surface area contributed by atoms with Crippen LogP contribution in [0.3, 0.4) is 0 Å². The van der Waals surface area contributed by atoms with Crippen LogP contribution in [-0.4, -0.2) is 16.8 Å². The van der Waals surface area contributed by atoms with Crippen molar-refractivity contribution in [1.29, 1.82) is 0 Å². The molecule has 19 heavy (non-hydrogen) atoms. The molecule has 3 rings (SSSR count). The van der Waals surface area contributed by atoms with Crippen LogP contribution in [0.4, 0.5) is 0 Å². The molecule has 2 aliphatic rings. The molecule has 1 aromatic rings. The molecular formula is C16H23NO2. The summed E-state index contributed by atoms with van der Waals surface area (Å²) in [5.41, 5.74) is -0.135. The van der Waals surface area contributed by atoms with Gasteiger partial charge in [-0.15, -0.1) is 0 Å². The summed E-state index contributed by atoms with van der Waals surface area (Å²) in [4.78, 5) is 15.1. The van der Waals surface area contributed by atoms with E-state index in [2.05, 4.69) is 18.7 Å². The fourth-order valence-electron chi connectivity index (χ4n) is 3.36. The van der Waals surface area contributed by atoms with Gasteiger partial charge in [0, 0.05) is 11.5 Å². The van der Waals surface area contributed by atoms with E-state index in [-0.39, 0.29) is 11.5 Å². The van der Waals surface area contributed by atoms with Gasteiger partial charge in [-0.2, -0.15) is 0 Å². The lowest BCUT2D eigenvalue weighted by Crippen LogP contribution is -2.43. The highest BCUT2D eigenvalue weighted by Crippen LogP contribution is 2.44. The van der Waals surface area contributed by atoms with Gasteiger partial charge in [0.1, 0.15) is 5.76 Å². The van der Waals surface area contributed by atoms with Gasteiger partial charge in [0.05, 0.1) is 12.3 Å². The molecule has 0 aromatic carbocycles. The Morgan fingerprint density at radius 3 is 2.63 bits per heavy atom. The van der Waals surface area contributed by atoms with Gasteiger partial charge in [0.15, 0.2) is 0 Å². The van der Waals surface area contributed by atoms with Crippen LogP contribution in [0, 0.1) is 5.41 Å². The Kier molecular flexibility index (Phi) is 3.15. The summed E-state index contributed by atoms with van der Waals surface area (Å²) in [6.07, 6.45) is 8.45. The molecule has 104 valence electrons. The van der Waals surface area contributed by atoms with E-state index in [0.29, 0.717) is 11.9 Å². The molecular weight excluding hydrogens is 238 g/mol. The normalized spacial score (nSPS) is 23.3. The Bertz CT molecular complexity index is 441. The topological polar surface area (TPSA) is 33.5 Å². The van der Waals surface area contributed by atoms with Crippen LogP contribution in [-0.2, 0) is 4.79 Å². The number of furan rings is 1. The largest absolute Gasteiger partial charge is 0.467 e. The van der Waals surface area contributed by atoms with Crippen LogP contribution in [0.5, 0.6) is 0 Å². The molecule has 1 aromatic heterocycles. The van der Waals surface area contributed by atoms with E-state index in [9.17, 15) is 4.79 Å². The van der Waals surface area contributed by atoms with Gasteiger partial charge in [-0.1, -0.05) is 19.8 Å². The fraction of sp³-hybridized carbons (Fsp3) is 0.688. The lowest BCUT2D eigenvalue weighted by Gasteiger charge is -2.35. The van der Waals surface area contributed by atoms with Gasteiger partial charge >= 0.3 is 0 Å². The zero-order valence-electron chi connectivity index (χ0n) is 11.9. The quantitative estimate of drug-likeness (QED) is 0.823. The summed E-state index contributed by atoms with van der Waals surface area (Å²) < 4.78 is 5.51. The Hall–Kier alpha value is -1.25. The third-order valence-corrected chi connectivity index (χ3v) is 4.77. The molecule has 2 saturated carbocycles. The van der Waals surface area contributed by atoms with E-state index >= 15 is 0 Å². The van der Waals surface area contributed by atoms with Gasteiger partial charge in [-0.25, -0.2) is 0 Å².